The Kier molecular flexibility index (Phi) is 5.94. The Bertz CT molecular complexity index is 328. The maximum absolute atomic E-state index is 5.16. The van der Waals surface area contributed by atoms with Crippen LogP contribution in [0.25, 0.3) is 0 Å². The number of hydrogen-bond donors (Lipinski definition) is 1. The van der Waals surface area contributed by atoms with Gasteiger partial charge in [0.25, 0.3) is 0 Å². The molecule has 4 heteroatoms. The van der Waals surface area contributed by atoms with Crippen molar-refractivity contribution in [3.05, 3.63) is 23.9 Å². The molecule has 1 heterocycles. The van der Waals surface area contributed by atoms with E-state index in [-0.39, 0.29) is 0 Å². The normalized spacial score (nSPS) is 10.9. The van der Waals surface area contributed by atoms with Crippen molar-refractivity contribution in [2.75, 3.05) is 32.2 Å². The Morgan fingerprint density at radius 3 is 2.82 bits per heavy atom. The van der Waals surface area contributed by atoms with Crippen molar-refractivity contribution < 1.29 is 4.74 Å². The maximum atomic E-state index is 5.16. The Hall–Kier alpha value is -1.13. The topological polar surface area (TPSA) is 37.4 Å². The van der Waals surface area contributed by atoms with Gasteiger partial charge in [-0.2, -0.15) is 0 Å². The highest BCUT2D eigenvalue weighted by Gasteiger charge is 2.14. The first-order chi connectivity index (χ1) is 8.20. The van der Waals surface area contributed by atoms with Crippen LogP contribution in [-0.4, -0.2) is 38.3 Å². The second kappa shape index (κ2) is 7.25. The summed E-state index contributed by atoms with van der Waals surface area (Å²) in [7, 11) is 3.68. The van der Waals surface area contributed by atoms with Gasteiger partial charge < -0.3 is 15.0 Å². The summed E-state index contributed by atoms with van der Waals surface area (Å²) >= 11 is 0. The van der Waals surface area contributed by atoms with Gasteiger partial charge in [0.15, 0.2) is 0 Å². The Labute approximate surface area is 104 Å². The first kappa shape index (κ1) is 13.9. The van der Waals surface area contributed by atoms with E-state index in [9.17, 15) is 0 Å². The fourth-order valence-corrected chi connectivity index (χ4v) is 1.82. The molecule has 0 aliphatic carbocycles. The lowest BCUT2D eigenvalue weighted by Crippen LogP contribution is -2.35. The molecular formula is C13H23N3O. The van der Waals surface area contributed by atoms with Gasteiger partial charge in [-0.3, -0.25) is 0 Å². The van der Waals surface area contributed by atoms with E-state index in [0.717, 1.165) is 18.9 Å². The van der Waals surface area contributed by atoms with Crippen LogP contribution in [0, 0.1) is 0 Å². The number of rotatable bonds is 7. The van der Waals surface area contributed by atoms with E-state index in [4.69, 9.17) is 4.74 Å². The summed E-state index contributed by atoms with van der Waals surface area (Å²) in [6.07, 6.45) is 1.84. The molecular weight excluding hydrogens is 214 g/mol. The average molecular weight is 237 g/mol. The summed E-state index contributed by atoms with van der Waals surface area (Å²) in [4.78, 5) is 6.78. The van der Waals surface area contributed by atoms with E-state index in [1.165, 1.54) is 5.56 Å². The first-order valence-corrected chi connectivity index (χ1v) is 6.04. The number of anilines is 1. The van der Waals surface area contributed by atoms with Gasteiger partial charge in [-0.15, -0.1) is 0 Å². The summed E-state index contributed by atoms with van der Waals surface area (Å²) in [5, 5.41) is 3.18. The lowest BCUT2D eigenvalue weighted by molar-refractivity contribution is 0.203. The Morgan fingerprint density at radius 2 is 2.24 bits per heavy atom. The molecule has 1 aromatic rings. The van der Waals surface area contributed by atoms with Crippen LogP contribution in [-0.2, 0) is 11.3 Å². The number of hydrogen-bond acceptors (Lipinski definition) is 4. The molecule has 0 fully saturated rings. The Morgan fingerprint density at radius 1 is 1.47 bits per heavy atom. The molecule has 0 atom stereocenters. The summed E-state index contributed by atoms with van der Waals surface area (Å²) in [6.45, 7) is 6.76. The SMILES string of the molecule is CNCc1cccnc1N(CCOC)C(C)C. The quantitative estimate of drug-likeness (QED) is 0.782. The molecule has 0 bridgehead atoms. The van der Waals surface area contributed by atoms with E-state index >= 15 is 0 Å². The molecule has 0 aliphatic rings. The molecule has 17 heavy (non-hydrogen) atoms. The number of methoxy groups -OCH3 is 1. The molecule has 0 saturated carbocycles. The minimum Gasteiger partial charge on any atom is -0.383 e. The van der Waals surface area contributed by atoms with Crippen LogP contribution in [0.4, 0.5) is 5.82 Å². The molecule has 96 valence electrons. The van der Waals surface area contributed by atoms with Gasteiger partial charge in [-0.25, -0.2) is 4.98 Å². The van der Waals surface area contributed by atoms with Crippen LogP contribution >= 0.6 is 0 Å². The average Bonchev–Trinajstić information content (AvgIpc) is 2.31. The van der Waals surface area contributed by atoms with Gasteiger partial charge in [0.05, 0.1) is 6.61 Å². The van der Waals surface area contributed by atoms with Gasteiger partial charge in [0.1, 0.15) is 5.82 Å². The van der Waals surface area contributed by atoms with Crippen molar-refractivity contribution in [1.82, 2.24) is 10.3 Å². The zero-order valence-electron chi connectivity index (χ0n) is 11.2. The molecule has 0 radical (unpaired) electrons. The van der Waals surface area contributed by atoms with Crippen LogP contribution in [0.2, 0.25) is 0 Å². The number of ether oxygens (including phenoxy) is 1. The molecule has 1 N–H and O–H groups in total. The second-order valence-electron chi connectivity index (χ2n) is 4.30. The lowest BCUT2D eigenvalue weighted by atomic mass is 10.2. The van der Waals surface area contributed by atoms with E-state index in [1.807, 2.05) is 19.3 Å². The van der Waals surface area contributed by atoms with E-state index < -0.39 is 0 Å². The molecule has 0 amide bonds. The van der Waals surface area contributed by atoms with Crippen LogP contribution in [0.1, 0.15) is 19.4 Å². The number of nitrogens with zero attached hydrogens (tertiary/aromatic N) is 2. The first-order valence-electron chi connectivity index (χ1n) is 6.04. The summed E-state index contributed by atoms with van der Waals surface area (Å²) < 4.78 is 5.16. The van der Waals surface area contributed by atoms with Crippen molar-refractivity contribution in [3.8, 4) is 0 Å². The predicted octanol–water partition coefficient (Wildman–Crippen LogP) is 1.66. The molecule has 1 rings (SSSR count). The fourth-order valence-electron chi connectivity index (χ4n) is 1.82. The van der Waals surface area contributed by atoms with Crippen molar-refractivity contribution >= 4 is 5.82 Å². The van der Waals surface area contributed by atoms with Crippen molar-refractivity contribution in [1.29, 1.82) is 0 Å². The largest absolute Gasteiger partial charge is 0.383 e. The third-order valence-electron chi connectivity index (χ3n) is 2.67. The molecule has 0 unspecified atom stereocenters. The predicted molar refractivity (Wildman–Crippen MR) is 71.4 cm³/mol. The highest BCUT2D eigenvalue weighted by molar-refractivity contribution is 5.47. The highest BCUT2D eigenvalue weighted by Crippen LogP contribution is 2.19. The summed E-state index contributed by atoms with van der Waals surface area (Å²) in [6, 6.07) is 4.50. The van der Waals surface area contributed by atoms with Crippen molar-refractivity contribution in [2.24, 2.45) is 0 Å². The molecule has 0 aromatic carbocycles. The Balaban J connectivity index is 2.91. The molecule has 0 spiro atoms. The van der Waals surface area contributed by atoms with Crippen molar-refractivity contribution in [3.63, 3.8) is 0 Å². The fraction of sp³-hybridized carbons (Fsp3) is 0.615. The van der Waals surface area contributed by atoms with Gasteiger partial charge in [0.2, 0.25) is 0 Å². The minimum atomic E-state index is 0.413. The number of nitrogens with one attached hydrogen (secondary N) is 1. The number of pyridine rings is 1. The third kappa shape index (κ3) is 3.98. The second-order valence-corrected chi connectivity index (χ2v) is 4.30. The van der Waals surface area contributed by atoms with E-state index in [2.05, 4.69) is 35.1 Å². The number of aromatic nitrogens is 1. The molecule has 1 aromatic heterocycles. The zero-order chi connectivity index (χ0) is 12.7. The lowest BCUT2D eigenvalue weighted by Gasteiger charge is -2.29. The van der Waals surface area contributed by atoms with E-state index in [0.29, 0.717) is 12.6 Å². The third-order valence-corrected chi connectivity index (χ3v) is 2.67. The van der Waals surface area contributed by atoms with Crippen molar-refractivity contribution in [2.45, 2.75) is 26.4 Å². The monoisotopic (exact) mass is 237 g/mol. The van der Waals surface area contributed by atoms with Gasteiger partial charge in [-0.1, -0.05) is 6.07 Å². The highest BCUT2D eigenvalue weighted by atomic mass is 16.5. The smallest absolute Gasteiger partial charge is 0.133 e. The van der Waals surface area contributed by atoms with Crippen LogP contribution in [0.15, 0.2) is 18.3 Å². The molecule has 4 nitrogen and oxygen atoms in total. The summed E-state index contributed by atoms with van der Waals surface area (Å²) in [5.41, 5.74) is 1.22. The van der Waals surface area contributed by atoms with Crippen LogP contribution in [0.3, 0.4) is 0 Å². The summed E-state index contributed by atoms with van der Waals surface area (Å²) in [5.74, 6) is 1.05. The van der Waals surface area contributed by atoms with Crippen LogP contribution < -0.4 is 10.2 Å². The van der Waals surface area contributed by atoms with Gasteiger partial charge in [0, 0.05) is 38.0 Å². The van der Waals surface area contributed by atoms with Crippen LogP contribution in [0.5, 0.6) is 0 Å². The molecule has 0 aliphatic heterocycles. The standard InChI is InChI=1S/C13H23N3O/c1-11(2)16(8-9-17-4)13-12(10-14-3)6-5-7-15-13/h5-7,11,14H,8-10H2,1-4H3. The molecule has 0 saturated heterocycles. The minimum absolute atomic E-state index is 0.413. The maximum Gasteiger partial charge on any atom is 0.133 e. The van der Waals surface area contributed by atoms with E-state index in [1.54, 1.807) is 7.11 Å². The zero-order valence-corrected chi connectivity index (χ0v) is 11.2. The van der Waals surface area contributed by atoms with Gasteiger partial charge in [-0.05, 0) is 27.0 Å². The van der Waals surface area contributed by atoms with Gasteiger partial charge >= 0.3 is 0 Å².